The summed E-state index contributed by atoms with van der Waals surface area (Å²) in [6.45, 7) is 3.91. The fourth-order valence-electron chi connectivity index (χ4n) is 3.46. The third-order valence-corrected chi connectivity index (χ3v) is 4.71. The molecule has 3 atom stereocenters. The molecule has 120 valence electrons. The zero-order valence-corrected chi connectivity index (χ0v) is 12.9. The molecule has 2 fully saturated rings. The van der Waals surface area contributed by atoms with Gasteiger partial charge in [-0.15, -0.1) is 0 Å². The lowest BCUT2D eigenvalue weighted by Crippen LogP contribution is -2.52. The largest absolute Gasteiger partial charge is 0.472 e. The van der Waals surface area contributed by atoms with Crippen molar-refractivity contribution in [2.24, 2.45) is 0 Å². The van der Waals surface area contributed by atoms with E-state index in [2.05, 4.69) is 15.5 Å². The molecule has 0 radical (unpaired) electrons. The first kappa shape index (κ1) is 15.1. The van der Waals surface area contributed by atoms with E-state index in [1.807, 2.05) is 0 Å². The van der Waals surface area contributed by atoms with Crippen LogP contribution in [-0.4, -0.2) is 47.9 Å². The summed E-state index contributed by atoms with van der Waals surface area (Å²) in [7, 11) is 0. The Bertz CT molecular complexity index is 529. The third-order valence-electron chi connectivity index (χ3n) is 4.71. The lowest BCUT2D eigenvalue weighted by molar-refractivity contribution is -0.123. The summed E-state index contributed by atoms with van der Waals surface area (Å²) >= 11 is 0. The van der Waals surface area contributed by atoms with E-state index in [9.17, 15) is 9.59 Å². The number of nitrogens with one attached hydrogen (secondary N) is 2. The molecule has 6 heteroatoms. The summed E-state index contributed by atoms with van der Waals surface area (Å²) in [5.74, 6) is -0.406. The maximum Gasteiger partial charge on any atom is 0.255 e. The molecule has 0 unspecified atom stereocenters. The summed E-state index contributed by atoms with van der Waals surface area (Å²) < 4.78 is 4.88. The molecule has 2 amide bonds. The van der Waals surface area contributed by atoms with Gasteiger partial charge in [-0.25, -0.2) is 0 Å². The van der Waals surface area contributed by atoms with Crippen molar-refractivity contribution in [3.05, 3.63) is 24.2 Å². The predicted molar refractivity (Wildman–Crippen MR) is 81.4 cm³/mol. The first-order valence-electron chi connectivity index (χ1n) is 8.02. The molecule has 0 aromatic carbocycles. The van der Waals surface area contributed by atoms with Gasteiger partial charge < -0.3 is 15.1 Å². The Labute approximate surface area is 130 Å². The monoisotopic (exact) mass is 305 g/mol. The number of furan rings is 1. The minimum absolute atomic E-state index is 0.116. The van der Waals surface area contributed by atoms with Crippen molar-refractivity contribution in [2.75, 3.05) is 13.1 Å². The van der Waals surface area contributed by atoms with Crippen molar-refractivity contribution < 1.29 is 14.0 Å². The number of carbonyl (C=O) groups excluding carboxylic acids is 2. The van der Waals surface area contributed by atoms with Crippen molar-refractivity contribution in [3.63, 3.8) is 0 Å². The SMILES string of the molecule is C[C@H](NC(=O)c1ccoc1)C(=O)N[C@@H]1CCN2CCCC[C@@H]12. The van der Waals surface area contributed by atoms with Crippen LogP contribution in [0.2, 0.25) is 0 Å². The van der Waals surface area contributed by atoms with Crippen LogP contribution in [0.5, 0.6) is 0 Å². The Morgan fingerprint density at radius 2 is 2.18 bits per heavy atom. The van der Waals surface area contributed by atoms with E-state index in [4.69, 9.17) is 4.42 Å². The number of hydrogen-bond acceptors (Lipinski definition) is 4. The van der Waals surface area contributed by atoms with Gasteiger partial charge in [0.15, 0.2) is 0 Å². The van der Waals surface area contributed by atoms with Crippen molar-refractivity contribution in [1.82, 2.24) is 15.5 Å². The normalized spacial score (nSPS) is 26.2. The van der Waals surface area contributed by atoms with Crippen LogP contribution in [0.1, 0.15) is 43.0 Å². The molecule has 0 spiro atoms. The Morgan fingerprint density at radius 1 is 1.32 bits per heavy atom. The molecular formula is C16H23N3O3. The van der Waals surface area contributed by atoms with E-state index in [0.29, 0.717) is 11.6 Å². The summed E-state index contributed by atoms with van der Waals surface area (Å²) in [6, 6.07) is 1.70. The van der Waals surface area contributed by atoms with E-state index in [1.54, 1.807) is 13.0 Å². The van der Waals surface area contributed by atoms with Crippen molar-refractivity contribution in [3.8, 4) is 0 Å². The minimum Gasteiger partial charge on any atom is -0.472 e. The quantitative estimate of drug-likeness (QED) is 0.875. The summed E-state index contributed by atoms with van der Waals surface area (Å²) in [5, 5.41) is 5.81. The van der Waals surface area contributed by atoms with E-state index in [-0.39, 0.29) is 17.9 Å². The molecular weight excluding hydrogens is 282 g/mol. The van der Waals surface area contributed by atoms with Gasteiger partial charge in [0.05, 0.1) is 11.8 Å². The van der Waals surface area contributed by atoms with Crippen LogP contribution in [-0.2, 0) is 4.79 Å². The molecule has 3 rings (SSSR count). The number of nitrogens with zero attached hydrogens (tertiary/aromatic N) is 1. The van der Waals surface area contributed by atoms with Crippen LogP contribution in [0.3, 0.4) is 0 Å². The fourth-order valence-corrected chi connectivity index (χ4v) is 3.46. The van der Waals surface area contributed by atoms with Gasteiger partial charge in [-0.3, -0.25) is 14.5 Å². The molecule has 1 aromatic rings. The van der Waals surface area contributed by atoms with Gasteiger partial charge in [-0.2, -0.15) is 0 Å². The molecule has 0 bridgehead atoms. The smallest absolute Gasteiger partial charge is 0.255 e. The number of carbonyl (C=O) groups is 2. The molecule has 3 heterocycles. The second-order valence-electron chi connectivity index (χ2n) is 6.21. The molecule has 2 aliphatic heterocycles. The number of amides is 2. The Hall–Kier alpha value is -1.82. The maximum absolute atomic E-state index is 12.3. The maximum atomic E-state index is 12.3. The molecule has 1 aromatic heterocycles. The van der Waals surface area contributed by atoms with Crippen molar-refractivity contribution in [2.45, 2.75) is 50.7 Å². The van der Waals surface area contributed by atoms with Crippen LogP contribution in [0.15, 0.2) is 23.0 Å². The number of piperidine rings is 1. The number of rotatable bonds is 4. The standard InChI is InChI=1S/C16H23N3O3/c1-11(17-16(21)12-6-9-22-10-12)15(20)18-13-5-8-19-7-3-2-4-14(13)19/h6,9-11,13-14H,2-5,7-8H2,1H3,(H,17,21)(H,18,20)/t11-,13+,14-/m0/s1. The highest BCUT2D eigenvalue weighted by atomic mass is 16.3. The first-order valence-corrected chi connectivity index (χ1v) is 8.02. The lowest BCUT2D eigenvalue weighted by Gasteiger charge is -2.33. The van der Waals surface area contributed by atoms with Gasteiger partial charge in [-0.1, -0.05) is 6.42 Å². The van der Waals surface area contributed by atoms with Crippen LogP contribution < -0.4 is 10.6 Å². The van der Waals surface area contributed by atoms with Crippen LogP contribution >= 0.6 is 0 Å². The molecule has 0 aliphatic carbocycles. The van der Waals surface area contributed by atoms with E-state index in [1.165, 1.54) is 25.4 Å². The zero-order valence-electron chi connectivity index (χ0n) is 12.9. The second kappa shape index (κ2) is 6.52. The Kier molecular flexibility index (Phi) is 4.47. The van der Waals surface area contributed by atoms with Crippen LogP contribution in [0.4, 0.5) is 0 Å². The van der Waals surface area contributed by atoms with Gasteiger partial charge in [0, 0.05) is 18.6 Å². The zero-order chi connectivity index (χ0) is 15.5. The minimum atomic E-state index is -0.556. The van der Waals surface area contributed by atoms with E-state index < -0.39 is 6.04 Å². The second-order valence-corrected chi connectivity index (χ2v) is 6.21. The fraction of sp³-hybridized carbons (Fsp3) is 0.625. The number of hydrogen-bond donors (Lipinski definition) is 2. The molecule has 0 saturated carbocycles. The third kappa shape index (κ3) is 3.16. The molecule has 2 saturated heterocycles. The summed E-state index contributed by atoms with van der Waals surface area (Å²) in [4.78, 5) is 26.7. The highest BCUT2D eigenvalue weighted by Gasteiger charge is 2.36. The van der Waals surface area contributed by atoms with Crippen molar-refractivity contribution >= 4 is 11.8 Å². The highest BCUT2D eigenvalue weighted by molar-refractivity contribution is 5.97. The average Bonchev–Trinajstić information content (AvgIpc) is 3.17. The van der Waals surface area contributed by atoms with E-state index in [0.717, 1.165) is 25.9 Å². The van der Waals surface area contributed by atoms with Crippen LogP contribution in [0.25, 0.3) is 0 Å². The Balaban J connectivity index is 1.52. The van der Waals surface area contributed by atoms with Crippen LogP contribution in [0, 0.1) is 0 Å². The predicted octanol–water partition coefficient (Wildman–Crippen LogP) is 1.14. The summed E-state index contributed by atoms with van der Waals surface area (Å²) in [5.41, 5.74) is 0.430. The topological polar surface area (TPSA) is 74.6 Å². The molecule has 2 aliphatic rings. The van der Waals surface area contributed by atoms with Gasteiger partial charge in [0.2, 0.25) is 5.91 Å². The Morgan fingerprint density at radius 3 is 2.95 bits per heavy atom. The van der Waals surface area contributed by atoms with Gasteiger partial charge in [0.25, 0.3) is 5.91 Å². The summed E-state index contributed by atoms with van der Waals surface area (Å²) in [6.07, 6.45) is 7.46. The van der Waals surface area contributed by atoms with Gasteiger partial charge in [0.1, 0.15) is 12.3 Å². The van der Waals surface area contributed by atoms with E-state index >= 15 is 0 Å². The van der Waals surface area contributed by atoms with Gasteiger partial charge in [-0.05, 0) is 38.8 Å². The average molecular weight is 305 g/mol. The molecule has 22 heavy (non-hydrogen) atoms. The highest BCUT2D eigenvalue weighted by Crippen LogP contribution is 2.27. The molecule has 2 N–H and O–H groups in total. The lowest BCUT2D eigenvalue weighted by atomic mass is 9.99. The molecule has 6 nitrogen and oxygen atoms in total. The van der Waals surface area contributed by atoms with Crippen molar-refractivity contribution in [1.29, 1.82) is 0 Å². The first-order chi connectivity index (χ1) is 10.6. The number of fused-ring (bicyclic) bond motifs is 1. The van der Waals surface area contributed by atoms with Gasteiger partial charge >= 0.3 is 0 Å².